The number of rotatable bonds is 3. The van der Waals surface area contributed by atoms with Crippen molar-refractivity contribution in [1.29, 1.82) is 0 Å². The predicted molar refractivity (Wildman–Crippen MR) is 80.9 cm³/mol. The molecule has 0 radical (unpaired) electrons. The maximum Gasteiger partial charge on any atom is 0.123 e. The molecule has 0 saturated heterocycles. The molecular formula is C17H21NO. The molecule has 0 amide bonds. The Bertz CT molecular complexity index is 570. The Morgan fingerprint density at radius 1 is 1.00 bits per heavy atom. The maximum absolute atomic E-state index is 10.1. The van der Waals surface area contributed by atoms with Gasteiger partial charge < -0.3 is 10.0 Å². The summed E-state index contributed by atoms with van der Waals surface area (Å²) in [4.78, 5) is 2.16. The molecule has 0 aromatic heterocycles. The van der Waals surface area contributed by atoms with Gasteiger partial charge in [-0.25, -0.2) is 0 Å². The Morgan fingerprint density at radius 3 is 2.26 bits per heavy atom. The van der Waals surface area contributed by atoms with Crippen LogP contribution in [0.1, 0.15) is 22.3 Å². The molecule has 0 bridgehead atoms. The van der Waals surface area contributed by atoms with E-state index in [-0.39, 0.29) is 0 Å². The van der Waals surface area contributed by atoms with Crippen molar-refractivity contribution in [3.63, 3.8) is 0 Å². The van der Waals surface area contributed by atoms with Gasteiger partial charge in [0.25, 0.3) is 0 Å². The number of aryl methyl sites for hydroxylation is 3. The molecule has 0 saturated carbocycles. The molecule has 0 unspecified atom stereocenters. The Morgan fingerprint density at radius 2 is 1.63 bits per heavy atom. The number of nitrogens with zero attached hydrogens (tertiary/aromatic N) is 1. The third-order valence-electron chi connectivity index (χ3n) is 3.38. The maximum atomic E-state index is 10.1. The quantitative estimate of drug-likeness (QED) is 0.897. The normalized spacial score (nSPS) is 10.5. The molecule has 2 heteroatoms. The van der Waals surface area contributed by atoms with Crippen molar-refractivity contribution in [1.82, 2.24) is 0 Å². The van der Waals surface area contributed by atoms with Crippen LogP contribution in [0.3, 0.4) is 0 Å². The summed E-state index contributed by atoms with van der Waals surface area (Å²) in [5, 5.41) is 10.1. The van der Waals surface area contributed by atoms with Crippen LogP contribution in [0.25, 0.3) is 0 Å². The molecule has 0 aliphatic rings. The first-order chi connectivity index (χ1) is 8.97. The zero-order valence-corrected chi connectivity index (χ0v) is 12.1. The first-order valence-electron chi connectivity index (χ1n) is 6.54. The highest BCUT2D eigenvalue weighted by atomic mass is 16.3. The molecular weight excluding hydrogens is 234 g/mol. The molecule has 100 valence electrons. The topological polar surface area (TPSA) is 23.5 Å². The number of anilines is 1. The van der Waals surface area contributed by atoms with Crippen molar-refractivity contribution >= 4 is 5.69 Å². The summed E-state index contributed by atoms with van der Waals surface area (Å²) in [7, 11) is 2.05. The average molecular weight is 255 g/mol. The van der Waals surface area contributed by atoms with E-state index >= 15 is 0 Å². The van der Waals surface area contributed by atoms with E-state index in [1.54, 1.807) is 0 Å². The molecule has 1 N–H and O–H groups in total. The van der Waals surface area contributed by atoms with Crippen molar-refractivity contribution in [3.8, 4) is 5.75 Å². The minimum absolute atomic E-state index is 0.402. The lowest BCUT2D eigenvalue weighted by molar-refractivity contribution is 0.463. The van der Waals surface area contributed by atoms with Gasteiger partial charge in [0.2, 0.25) is 0 Å². The minimum Gasteiger partial charge on any atom is -0.507 e. The van der Waals surface area contributed by atoms with E-state index < -0.39 is 0 Å². The average Bonchev–Trinajstić information content (AvgIpc) is 2.33. The first kappa shape index (κ1) is 13.5. The van der Waals surface area contributed by atoms with Crippen LogP contribution in [-0.4, -0.2) is 12.2 Å². The van der Waals surface area contributed by atoms with Crippen LogP contribution in [0.5, 0.6) is 5.75 Å². The van der Waals surface area contributed by atoms with Gasteiger partial charge in [0, 0.05) is 24.8 Å². The van der Waals surface area contributed by atoms with Gasteiger partial charge in [-0.05, 0) is 49.6 Å². The number of phenolic OH excluding ortho intramolecular Hbond substituents is 1. The second kappa shape index (κ2) is 5.35. The summed E-state index contributed by atoms with van der Waals surface area (Å²) >= 11 is 0. The molecule has 0 heterocycles. The number of hydrogen-bond donors (Lipinski definition) is 1. The van der Waals surface area contributed by atoms with E-state index in [2.05, 4.69) is 44.0 Å². The van der Waals surface area contributed by atoms with Crippen molar-refractivity contribution in [3.05, 3.63) is 58.7 Å². The van der Waals surface area contributed by atoms with Gasteiger partial charge in [-0.15, -0.1) is 0 Å². The Kier molecular flexibility index (Phi) is 3.79. The van der Waals surface area contributed by atoms with Crippen LogP contribution in [0.2, 0.25) is 0 Å². The zero-order valence-electron chi connectivity index (χ0n) is 12.1. The summed E-state index contributed by atoms with van der Waals surface area (Å²) in [6.07, 6.45) is 0. The van der Waals surface area contributed by atoms with E-state index in [0.29, 0.717) is 12.3 Å². The number of hydrogen-bond acceptors (Lipinski definition) is 2. The van der Waals surface area contributed by atoms with Gasteiger partial charge >= 0.3 is 0 Å². The van der Waals surface area contributed by atoms with Gasteiger partial charge in [-0.3, -0.25) is 0 Å². The second-order valence-electron chi connectivity index (χ2n) is 5.28. The summed E-state index contributed by atoms with van der Waals surface area (Å²) in [6, 6.07) is 12.4. The predicted octanol–water partition coefficient (Wildman–Crippen LogP) is 3.95. The lowest BCUT2D eigenvalue weighted by Gasteiger charge is -2.21. The summed E-state index contributed by atoms with van der Waals surface area (Å²) < 4.78 is 0. The third-order valence-corrected chi connectivity index (χ3v) is 3.38. The van der Waals surface area contributed by atoms with Crippen molar-refractivity contribution in [2.75, 3.05) is 11.9 Å². The van der Waals surface area contributed by atoms with Crippen LogP contribution in [0.15, 0.2) is 36.4 Å². The van der Waals surface area contributed by atoms with Gasteiger partial charge in [0.15, 0.2) is 0 Å². The smallest absolute Gasteiger partial charge is 0.123 e. The van der Waals surface area contributed by atoms with Crippen LogP contribution in [-0.2, 0) is 6.54 Å². The van der Waals surface area contributed by atoms with Crippen molar-refractivity contribution in [2.45, 2.75) is 27.3 Å². The lowest BCUT2D eigenvalue weighted by Crippen LogP contribution is -2.16. The van der Waals surface area contributed by atoms with Crippen LogP contribution < -0.4 is 4.90 Å². The van der Waals surface area contributed by atoms with E-state index in [1.807, 2.05) is 25.1 Å². The van der Waals surface area contributed by atoms with E-state index in [1.165, 1.54) is 16.8 Å². The van der Waals surface area contributed by atoms with Crippen molar-refractivity contribution < 1.29 is 5.11 Å². The summed E-state index contributed by atoms with van der Waals surface area (Å²) in [6.45, 7) is 6.84. The van der Waals surface area contributed by atoms with Crippen LogP contribution >= 0.6 is 0 Å². The minimum atomic E-state index is 0.402. The first-order valence-corrected chi connectivity index (χ1v) is 6.54. The molecule has 0 aliphatic carbocycles. The zero-order chi connectivity index (χ0) is 14.0. The van der Waals surface area contributed by atoms with E-state index in [4.69, 9.17) is 0 Å². The van der Waals surface area contributed by atoms with E-state index in [0.717, 1.165) is 11.1 Å². The fraction of sp³-hybridized carbons (Fsp3) is 0.294. The van der Waals surface area contributed by atoms with Gasteiger partial charge in [-0.1, -0.05) is 24.3 Å². The molecule has 0 spiro atoms. The lowest BCUT2D eigenvalue weighted by atomic mass is 10.1. The highest BCUT2D eigenvalue weighted by Crippen LogP contribution is 2.25. The number of aromatic hydroxyl groups is 1. The summed E-state index contributed by atoms with van der Waals surface area (Å²) in [5.74, 6) is 0.402. The SMILES string of the molecule is Cc1cc(C)cc(N(C)Cc2cccc(C)c2O)c1. The summed E-state index contributed by atoms with van der Waals surface area (Å²) in [5.41, 5.74) is 5.58. The van der Waals surface area contributed by atoms with Gasteiger partial charge in [0.1, 0.15) is 5.75 Å². The van der Waals surface area contributed by atoms with Crippen LogP contribution in [0, 0.1) is 20.8 Å². The third kappa shape index (κ3) is 3.08. The fourth-order valence-electron chi connectivity index (χ4n) is 2.37. The molecule has 0 fully saturated rings. The highest BCUT2D eigenvalue weighted by molar-refractivity contribution is 5.52. The number of para-hydroxylation sites is 1. The molecule has 19 heavy (non-hydrogen) atoms. The Hall–Kier alpha value is -1.96. The molecule has 2 nitrogen and oxygen atoms in total. The molecule has 2 aromatic carbocycles. The van der Waals surface area contributed by atoms with Gasteiger partial charge in [0.05, 0.1) is 0 Å². The second-order valence-corrected chi connectivity index (χ2v) is 5.28. The standard InChI is InChI=1S/C17H21NO/c1-12-8-13(2)10-16(9-12)18(4)11-15-7-5-6-14(3)17(15)19/h5-10,19H,11H2,1-4H3. The van der Waals surface area contributed by atoms with Crippen molar-refractivity contribution in [2.24, 2.45) is 0 Å². The van der Waals surface area contributed by atoms with Gasteiger partial charge in [-0.2, -0.15) is 0 Å². The van der Waals surface area contributed by atoms with Crippen LogP contribution in [0.4, 0.5) is 5.69 Å². The molecule has 2 aromatic rings. The fourth-order valence-corrected chi connectivity index (χ4v) is 2.37. The number of benzene rings is 2. The molecule has 0 aliphatic heterocycles. The monoisotopic (exact) mass is 255 g/mol. The Labute approximate surface area is 115 Å². The molecule has 0 atom stereocenters. The molecule has 2 rings (SSSR count). The number of phenols is 1. The van der Waals surface area contributed by atoms with E-state index in [9.17, 15) is 5.11 Å². The Balaban J connectivity index is 2.25. The highest BCUT2D eigenvalue weighted by Gasteiger charge is 2.08. The largest absolute Gasteiger partial charge is 0.507 e.